The van der Waals surface area contributed by atoms with Crippen LogP contribution in [-0.4, -0.2) is 50.7 Å². The quantitative estimate of drug-likeness (QED) is 0.698. The summed E-state index contributed by atoms with van der Waals surface area (Å²) in [5.74, 6) is 0.0104. The molecule has 0 saturated carbocycles. The fourth-order valence-corrected chi connectivity index (χ4v) is 4.52. The van der Waals surface area contributed by atoms with Crippen LogP contribution >= 0.6 is 22.7 Å². The topological polar surface area (TPSA) is 93.1 Å². The second-order valence-electron chi connectivity index (χ2n) is 6.55. The number of morpholine rings is 1. The molecular formula is C18H20N6O2S2. The molecule has 146 valence electrons. The van der Waals surface area contributed by atoms with Crippen LogP contribution < -0.4 is 5.32 Å². The predicted molar refractivity (Wildman–Crippen MR) is 108 cm³/mol. The molecule has 8 nitrogen and oxygen atoms in total. The zero-order chi connectivity index (χ0) is 19.7. The minimum atomic E-state index is -0.276. The monoisotopic (exact) mass is 416 g/mol. The molecule has 0 aliphatic carbocycles. The number of carbonyl (C=O) groups is 1. The van der Waals surface area contributed by atoms with E-state index in [9.17, 15) is 4.79 Å². The molecule has 3 aromatic heterocycles. The number of rotatable bonds is 4. The van der Waals surface area contributed by atoms with Gasteiger partial charge in [0, 0.05) is 17.9 Å². The molecule has 1 amide bonds. The first kappa shape index (κ1) is 18.9. The summed E-state index contributed by atoms with van der Waals surface area (Å²) in [5.41, 5.74) is 4.99. The molecule has 3 aromatic rings. The number of thiazole rings is 1. The van der Waals surface area contributed by atoms with E-state index in [0.29, 0.717) is 29.7 Å². The van der Waals surface area contributed by atoms with Crippen LogP contribution in [0, 0.1) is 20.8 Å². The Kier molecular flexibility index (Phi) is 5.33. The lowest BCUT2D eigenvalue weighted by Gasteiger charge is -2.32. The standard InChI is InChI=1S/C18H20N6O2S2/c1-10-6-13(22-18-23-19-9-27-18)7-14(20-10)15-8-24(4-5-26-15)17(25)16-11(2)21-12(3)28-16/h6-7,9,15H,4-5,8H2,1-3H3,(H,20,22,23). The van der Waals surface area contributed by atoms with E-state index in [-0.39, 0.29) is 12.0 Å². The Hall–Kier alpha value is -2.43. The molecule has 1 atom stereocenters. The summed E-state index contributed by atoms with van der Waals surface area (Å²) in [6, 6.07) is 3.88. The zero-order valence-electron chi connectivity index (χ0n) is 15.8. The van der Waals surface area contributed by atoms with Gasteiger partial charge in [0.1, 0.15) is 16.5 Å². The summed E-state index contributed by atoms with van der Waals surface area (Å²) >= 11 is 2.87. The molecule has 4 heterocycles. The number of hydrogen-bond acceptors (Lipinski definition) is 9. The zero-order valence-corrected chi connectivity index (χ0v) is 17.4. The summed E-state index contributed by atoms with van der Waals surface area (Å²) in [5, 5.41) is 12.7. The van der Waals surface area contributed by atoms with Crippen molar-refractivity contribution in [1.82, 2.24) is 25.1 Å². The molecule has 28 heavy (non-hydrogen) atoms. The van der Waals surface area contributed by atoms with Gasteiger partial charge in [0.2, 0.25) is 5.13 Å². The number of pyridine rings is 1. The van der Waals surface area contributed by atoms with Gasteiger partial charge in [-0.05, 0) is 32.9 Å². The largest absolute Gasteiger partial charge is 0.368 e. The van der Waals surface area contributed by atoms with Crippen molar-refractivity contribution in [1.29, 1.82) is 0 Å². The van der Waals surface area contributed by atoms with Gasteiger partial charge in [-0.2, -0.15) is 0 Å². The smallest absolute Gasteiger partial charge is 0.266 e. The lowest BCUT2D eigenvalue weighted by atomic mass is 10.1. The molecular weight excluding hydrogens is 396 g/mol. The van der Waals surface area contributed by atoms with Crippen LogP contribution in [0.25, 0.3) is 0 Å². The number of anilines is 2. The lowest BCUT2D eigenvalue weighted by molar-refractivity contribution is -0.0246. The van der Waals surface area contributed by atoms with E-state index < -0.39 is 0 Å². The molecule has 10 heteroatoms. The average Bonchev–Trinajstić information content (AvgIpc) is 3.30. The maximum Gasteiger partial charge on any atom is 0.266 e. The number of hydrogen-bond donors (Lipinski definition) is 1. The highest BCUT2D eigenvalue weighted by atomic mass is 32.1. The Morgan fingerprint density at radius 1 is 1.29 bits per heavy atom. The number of aromatic nitrogens is 4. The van der Waals surface area contributed by atoms with Crippen LogP contribution in [0.4, 0.5) is 10.8 Å². The third-order valence-corrected chi connectivity index (χ3v) is 6.03. The summed E-state index contributed by atoms with van der Waals surface area (Å²) in [4.78, 5) is 24.5. The number of nitrogens with one attached hydrogen (secondary N) is 1. The highest BCUT2D eigenvalue weighted by Gasteiger charge is 2.29. The highest BCUT2D eigenvalue weighted by molar-refractivity contribution is 7.13. The fraction of sp³-hybridized carbons (Fsp3) is 0.389. The molecule has 1 unspecified atom stereocenters. The Morgan fingerprint density at radius 2 is 2.14 bits per heavy atom. The van der Waals surface area contributed by atoms with Crippen molar-refractivity contribution in [2.75, 3.05) is 25.0 Å². The van der Waals surface area contributed by atoms with E-state index in [1.165, 1.54) is 22.7 Å². The van der Waals surface area contributed by atoms with Crippen LogP contribution in [0.3, 0.4) is 0 Å². The van der Waals surface area contributed by atoms with Gasteiger partial charge in [0.25, 0.3) is 5.91 Å². The molecule has 0 spiro atoms. The maximum absolute atomic E-state index is 13.0. The molecule has 1 aliphatic heterocycles. The van der Waals surface area contributed by atoms with Gasteiger partial charge >= 0.3 is 0 Å². The van der Waals surface area contributed by atoms with Gasteiger partial charge in [-0.3, -0.25) is 9.78 Å². The first-order chi connectivity index (χ1) is 13.5. The van der Waals surface area contributed by atoms with Crippen molar-refractivity contribution in [2.24, 2.45) is 0 Å². The van der Waals surface area contributed by atoms with Gasteiger partial charge in [-0.15, -0.1) is 21.5 Å². The normalized spacial score (nSPS) is 17.0. The van der Waals surface area contributed by atoms with Crippen molar-refractivity contribution in [2.45, 2.75) is 26.9 Å². The van der Waals surface area contributed by atoms with E-state index in [1.54, 1.807) is 5.51 Å². The van der Waals surface area contributed by atoms with Crippen molar-refractivity contribution in [3.63, 3.8) is 0 Å². The van der Waals surface area contributed by atoms with Crippen molar-refractivity contribution >= 4 is 39.4 Å². The molecule has 1 aliphatic rings. The molecule has 0 radical (unpaired) electrons. The van der Waals surface area contributed by atoms with Crippen LogP contribution in [0.15, 0.2) is 17.6 Å². The van der Waals surface area contributed by atoms with E-state index in [0.717, 1.165) is 27.8 Å². The number of amides is 1. The Balaban J connectivity index is 1.53. The minimum Gasteiger partial charge on any atom is -0.368 e. The average molecular weight is 417 g/mol. The van der Waals surface area contributed by atoms with Gasteiger partial charge < -0.3 is 15.0 Å². The molecule has 1 N–H and O–H groups in total. The summed E-state index contributed by atoms with van der Waals surface area (Å²) < 4.78 is 5.94. The first-order valence-electron chi connectivity index (χ1n) is 8.86. The second kappa shape index (κ2) is 7.90. The van der Waals surface area contributed by atoms with Crippen LogP contribution in [-0.2, 0) is 4.74 Å². The van der Waals surface area contributed by atoms with Crippen LogP contribution in [0.2, 0.25) is 0 Å². The maximum atomic E-state index is 13.0. The summed E-state index contributed by atoms with van der Waals surface area (Å²) in [6.45, 7) is 7.23. The van der Waals surface area contributed by atoms with Crippen LogP contribution in [0.1, 0.15) is 37.9 Å². The molecule has 4 rings (SSSR count). The molecule has 0 bridgehead atoms. The van der Waals surface area contributed by atoms with Crippen LogP contribution in [0.5, 0.6) is 0 Å². The Morgan fingerprint density at radius 3 is 2.86 bits per heavy atom. The second-order valence-corrected chi connectivity index (χ2v) is 8.59. The number of ether oxygens (including phenoxy) is 1. The number of aryl methyl sites for hydroxylation is 3. The highest BCUT2D eigenvalue weighted by Crippen LogP contribution is 2.28. The van der Waals surface area contributed by atoms with E-state index in [2.05, 4.69) is 25.5 Å². The summed E-state index contributed by atoms with van der Waals surface area (Å²) in [7, 11) is 0. The third-order valence-electron chi connectivity index (χ3n) is 4.37. The van der Waals surface area contributed by atoms with Crippen molar-refractivity contribution in [3.05, 3.63) is 44.6 Å². The Bertz CT molecular complexity index is 988. The van der Waals surface area contributed by atoms with E-state index in [1.807, 2.05) is 37.8 Å². The Labute approximate surface area is 170 Å². The van der Waals surface area contributed by atoms with Crippen molar-refractivity contribution < 1.29 is 9.53 Å². The van der Waals surface area contributed by atoms with Gasteiger partial charge in [-0.1, -0.05) is 11.3 Å². The lowest BCUT2D eigenvalue weighted by Crippen LogP contribution is -2.42. The molecule has 0 aromatic carbocycles. The number of nitrogens with zero attached hydrogens (tertiary/aromatic N) is 5. The van der Waals surface area contributed by atoms with E-state index in [4.69, 9.17) is 4.74 Å². The SMILES string of the molecule is Cc1cc(Nc2nncs2)cc(C2CN(C(=O)c3sc(C)nc3C)CCO2)n1. The molecule has 1 saturated heterocycles. The van der Waals surface area contributed by atoms with Gasteiger partial charge in [0.15, 0.2) is 0 Å². The minimum absolute atomic E-state index is 0.0104. The van der Waals surface area contributed by atoms with E-state index >= 15 is 0 Å². The predicted octanol–water partition coefficient (Wildman–Crippen LogP) is 3.27. The number of carbonyl (C=O) groups excluding carboxylic acids is 1. The third kappa shape index (κ3) is 4.03. The summed E-state index contributed by atoms with van der Waals surface area (Å²) in [6.07, 6.45) is -0.276. The van der Waals surface area contributed by atoms with Crippen molar-refractivity contribution in [3.8, 4) is 0 Å². The molecule has 1 fully saturated rings. The van der Waals surface area contributed by atoms with Gasteiger partial charge in [0.05, 0.1) is 29.5 Å². The first-order valence-corrected chi connectivity index (χ1v) is 10.6. The fourth-order valence-electron chi connectivity index (χ4n) is 3.17. The van der Waals surface area contributed by atoms with Gasteiger partial charge in [-0.25, -0.2) is 4.98 Å².